The lowest BCUT2D eigenvalue weighted by atomic mass is 9.72. The lowest BCUT2D eigenvalue weighted by molar-refractivity contribution is 0.241. The average molecular weight is 261 g/mol. The maximum Gasteiger partial charge on any atom is 0.178 e. The minimum absolute atomic E-state index is 0.0636. The maximum atomic E-state index is 13.8. The highest BCUT2D eigenvalue weighted by Crippen LogP contribution is 2.40. The van der Waals surface area contributed by atoms with Crippen LogP contribution >= 0.6 is 0 Å². The van der Waals surface area contributed by atoms with Crippen molar-refractivity contribution in [3.8, 4) is 0 Å². The fourth-order valence-electron chi connectivity index (χ4n) is 2.03. The van der Waals surface area contributed by atoms with Gasteiger partial charge in [-0.25, -0.2) is 17.2 Å². The van der Waals surface area contributed by atoms with Crippen LogP contribution in [0.15, 0.2) is 17.0 Å². The number of benzene rings is 1. The highest BCUT2D eigenvalue weighted by atomic mass is 32.2. The Labute approximate surface area is 98.5 Å². The minimum Gasteiger partial charge on any atom is -0.321 e. The second kappa shape index (κ2) is 3.74. The lowest BCUT2D eigenvalue weighted by Crippen LogP contribution is -2.44. The van der Waals surface area contributed by atoms with Gasteiger partial charge in [0, 0.05) is 17.4 Å². The Hall–Kier alpha value is -1.01. The summed E-state index contributed by atoms with van der Waals surface area (Å²) in [5, 5.41) is 0. The van der Waals surface area contributed by atoms with Crippen LogP contribution in [0.2, 0.25) is 0 Å². The molecule has 2 N–H and O–H groups in total. The van der Waals surface area contributed by atoms with Crippen molar-refractivity contribution in [2.24, 2.45) is 5.73 Å². The van der Waals surface area contributed by atoms with E-state index in [9.17, 15) is 17.2 Å². The molecule has 17 heavy (non-hydrogen) atoms. The maximum absolute atomic E-state index is 13.8. The van der Waals surface area contributed by atoms with E-state index in [2.05, 4.69) is 0 Å². The summed E-state index contributed by atoms with van der Waals surface area (Å²) in [6, 6.07) is 2.35. The van der Waals surface area contributed by atoms with Crippen molar-refractivity contribution in [2.45, 2.75) is 29.7 Å². The summed E-state index contributed by atoms with van der Waals surface area (Å²) < 4.78 is 49.9. The van der Waals surface area contributed by atoms with Crippen LogP contribution in [0.3, 0.4) is 0 Å². The molecule has 2 rings (SSSR count). The molecular weight excluding hydrogens is 248 g/mol. The third-order valence-corrected chi connectivity index (χ3v) is 4.34. The summed E-state index contributed by atoms with van der Waals surface area (Å²) in [5.74, 6) is -2.48. The highest BCUT2D eigenvalue weighted by Gasteiger charge is 2.38. The molecule has 1 aromatic carbocycles. The van der Waals surface area contributed by atoms with E-state index in [1.54, 1.807) is 0 Å². The van der Waals surface area contributed by atoms with Crippen LogP contribution in [0.1, 0.15) is 24.8 Å². The number of hydrogen-bond donors (Lipinski definition) is 1. The van der Waals surface area contributed by atoms with Gasteiger partial charge in [-0.2, -0.15) is 0 Å². The first-order valence-corrected chi connectivity index (χ1v) is 7.12. The lowest BCUT2D eigenvalue weighted by Gasteiger charge is -2.38. The van der Waals surface area contributed by atoms with Gasteiger partial charge >= 0.3 is 0 Å². The van der Waals surface area contributed by atoms with E-state index in [1.165, 1.54) is 6.07 Å². The zero-order chi connectivity index (χ0) is 12.8. The van der Waals surface area contributed by atoms with Crippen LogP contribution in [0, 0.1) is 11.6 Å². The van der Waals surface area contributed by atoms with Crippen molar-refractivity contribution in [1.29, 1.82) is 0 Å². The summed E-state index contributed by atoms with van der Waals surface area (Å²) >= 11 is 0. The first kappa shape index (κ1) is 12.4. The number of halogens is 2. The number of nitrogens with two attached hydrogens (primary N) is 1. The van der Waals surface area contributed by atoms with E-state index in [0.717, 1.165) is 18.7 Å². The molecule has 0 aliphatic heterocycles. The molecule has 1 aliphatic rings. The van der Waals surface area contributed by atoms with Gasteiger partial charge in [0.2, 0.25) is 0 Å². The molecule has 0 amide bonds. The van der Waals surface area contributed by atoms with Crippen molar-refractivity contribution in [3.05, 3.63) is 29.3 Å². The van der Waals surface area contributed by atoms with Crippen molar-refractivity contribution in [1.82, 2.24) is 0 Å². The highest BCUT2D eigenvalue weighted by molar-refractivity contribution is 7.90. The third kappa shape index (κ3) is 1.95. The topological polar surface area (TPSA) is 60.2 Å². The molecule has 0 bridgehead atoms. The first-order chi connectivity index (χ1) is 7.76. The molecule has 0 heterocycles. The number of sulfone groups is 1. The van der Waals surface area contributed by atoms with Crippen LogP contribution in [0.25, 0.3) is 0 Å². The Balaban J connectivity index is 2.58. The smallest absolute Gasteiger partial charge is 0.178 e. The number of hydrogen-bond acceptors (Lipinski definition) is 3. The quantitative estimate of drug-likeness (QED) is 0.881. The Morgan fingerprint density at radius 3 is 2.24 bits per heavy atom. The largest absolute Gasteiger partial charge is 0.321 e. The van der Waals surface area contributed by atoms with Crippen molar-refractivity contribution >= 4 is 9.84 Å². The normalized spacial score (nSPS) is 18.8. The fourth-order valence-corrected chi connectivity index (χ4v) is 2.76. The monoisotopic (exact) mass is 261 g/mol. The van der Waals surface area contributed by atoms with Gasteiger partial charge in [-0.05, 0) is 25.3 Å². The molecule has 0 atom stereocenters. The van der Waals surface area contributed by atoms with Crippen LogP contribution in [-0.2, 0) is 15.4 Å². The van der Waals surface area contributed by atoms with E-state index in [-0.39, 0.29) is 5.56 Å². The predicted molar refractivity (Wildman–Crippen MR) is 59.2 cm³/mol. The summed E-state index contributed by atoms with van der Waals surface area (Å²) in [4.78, 5) is -0.623. The van der Waals surface area contributed by atoms with Crippen LogP contribution in [-0.4, -0.2) is 14.7 Å². The predicted octanol–water partition coefficient (Wildman–Crippen LogP) is 1.71. The van der Waals surface area contributed by atoms with Gasteiger partial charge in [-0.3, -0.25) is 0 Å². The van der Waals surface area contributed by atoms with Gasteiger partial charge < -0.3 is 5.73 Å². The fraction of sp³-hybridized carbons (Fsp3) is 0.455. The molecule has 0 unspecified atom stereocenters. The molecule has 0 aromatic heterocycles. The van der Waals surface area contributed by atoms with E-state index in [1.807, 2.05) is 0 Å². The first-order valence-electron chi connectivity index (χ1n) is 5.23. The van der Waals surface area contributed by atoms with Gasteiger partial charge in [-0.1, -0.05) is 6.07 Å². The van der Waals surface area contributed by atoms with Gasteiger partial charge in [0.05, 0.1) is 0 Å². The molecule has 6 heteroatoms. The molecule has 1 aliphatic carbocycles. The second-order valence-electron chi connectivity index (χ2n) is 4.52. The SMILES string of the molecule is CS(=O)(=O)c1ccc(C2(N)CCC2)c(F)c1F. The van der Waals surface area contributed by atoms with E-state index >= 15 is 0 Å². The molecular formula is C11H13F2NO2S. The molecule has 1 aromatic rings. The second-order valence-corrected chi connectivity index (χ2v) is 6.51. The molecule has 0 radical (unpaired) electrons. The van der Waals surface area contributed by atoms with Crippen LogP contribution in [0.5, 0.6) is 0 Å². The zero-order valence-corrected chi connectivity index (χ0v) is 10.2. The molecule has 1 fully saturated rings. The van der Waals surface area contributed by atoms with Gasteiger partial charge in [-0.15, -0.1) is 0 Å². The standard InChI is InChI=1S/C11H13F2NO2S/c1-17(15,16)8-4-3-7(9(12)10(8)13)11(14)5-2-6-11/h3-4H,2,5-6,14H2,1H3. The molecule has 1 saturated carbocycles. The molecule has 0 saturated heterocycles. The summed E-state index contributed by atoms with van der Waals surface area (Å²) in [7, 11) is -3.76. The third-order valence-electron chi connectivity index (χ3n) is 3.23. The van der Waals surface area contributed by atoms with Gasteiger partial charge in [0.25, 0.3) is 0 Å². The van der Waals surface area contributed by atoms with Crippen molar-refractivity contribution in [2.75, 3.05) is 6.26 Å². The minimum atomic E-state index is -3.76. The Kier molecular flexibility index (Phi) is 2.74. The number of rotatable bonds is 2. The summed E-state index contributed by atoms with van der Waals surface area (Å²) in [6.07, 6.45) is 2.88. The van der Waals surface area contributed by atoms with Crippen LogP contribution < -0.4 is 5.73 Å². The Morgan fingerprint density at radius 1 is 1.24 bits per heavy atom. The van der Waals surface area contributed by atoms with Crippen LogP contribution in [0.4, 0.5) is 8.78 Å². The van der Waals surface area contributed by atoms with Gasteiger partial charge in [0.15, 0.2) is 21.5 Å². The molecule has 94 valence electrons. The zero-order valence-electron chi connectivity index (χ0n) is 9.33. The Bertz CT molecular complexity index is 565. The van der Waals surface area contributed by atoms with Crippen molar-refractivity contribution < 1.29 is 17.2 Å². The van der Waals surface area contributed by atoms with Crippen molar-refractivity contribution in [3.63, 3.8) is 0 Å². The Morgan fingerprint density at radius 2 is 1.82 bits per heavy atom. The average Bonchev–Trinajstić information content (AvgIpc) is 2.16. The van der Waals surface area contributed by atoms with E-state index in [0.29, 0.717) is 12.8 Å². The molecule has 0 spiro atoms. The summed E-state index contributed by atoms with van der Waals surface area (Å²) in [5.41, 5.74) is 5.11. The molecule has 3 nitrogen and oxygen atoms in total. The van der Waals surface area contributed by atoms with Gasteiger partial charge in [0.1, 0.15) is 4.90 Å². The van der Waals surface area contributed by atoms with E-state index < -0.39 is 31.9 Å². The van der Waals surface area contributed by atoms with E-state index in [4.69, 9.17) is 5.73 Å². The summed E-state index contributed by atoms with van der Waals surface area (Å²) in [6.45, 7) is 0.